The Labute approximate surface area is 135 Å². The van der Waals surface area contributed by atoms with Crippen molar-refractivity contribution < 1.29 is 4.90 Å². The van der Waals surface area contributed by atoms with Gasteiger partial charge in [0.25, 0.3) is 0 Å². The van der Waals surface area contributed by atoms with Crippen LogP contribution in [0.4, 0.5) is 11.4 Å². The van der Waals surface area contributed by atoms with Crippen molar-refractivity contribution in [1.82, 2.24) is 0 Å². The quantitative estimate of drug-likeness (QED) is 0.922. The summed E-state index contributed by atoms with van der Waals surface area (Å²) in [5.41, 5.74) is 2.59. The van der Waals surface area contributed by atoms with Gasteiger partial charge >= 0.3 is 0 Å². The molecule has 1 aliphatic heterocycles. The highest BCUT2D eigenvalue weighted by Gasteiger charge is 2.23. The van der Waals surface area contributed by atoms with Gasteiger partial charge in [-0.1, -0.05) is 35.5 Å². The Morgan fingerprint density at radius 1 is 1.05 bits per heavy atom. The zero-order valence-corrected chi connectivity index (χ0v) is 14.0. The third-order valence-corrected chi connectivity index (χ3v) is 4.99. The van der Waals surface area contributed by atoms with E-state index in [2.05, 4.69) is 55.4 Å². The smallest absolute Gasteiger partial charge is 0.0784 e. The molecule has 0 radical (unpaired) electrons. The number of anilines is 2. The Bertz CT molecular complexity index is 642. The number of halogens is 1. The minimum atomic E-state index is 0.804. The van der Waals surface area contributed by atoms with Gasteiger partial charge in [-0.05, 0) is 30.3 Å². The molecule has 1 N–H and O–H groups in total. The predicted octanol–water partition coefficient (Wildman–Crippen LogP) is 3.48. The van der Waals surface area contributed by atoms with Gasteiger partial charge in [-0.3, -0.25) is 0 Å². The Balaban J connectivity index is 1.94. The van der Waals surface area contributed by atoms with Crippen molar-refractivity contribution in [3.8, 4) is 0 Å². The van der Waals surface area contributed by atoms with E-state index in [9.17, 15) is 0 Å². The molecule has 2 nitrogen and oxygen atoms in total. The van der Waals surface area contributed by atoms with Crippen LogP contribution in [-0.2, 0) is 0 Å². The second-order valence-electron chi connectivity index (χ2n) is 5.64. The first-order chi connectivity index (χ1) is 10.1. The summed E-state index contributed by atoms with van der Waals surface area (Å²) in [4.78, 5) is 6.48. The number of quaternary nitrogens is 1. The summed E-state index contributed by atoms with van der Waals surface area (Å²) in [6.07, 6.45) is 1.17. The highest BCUT2D eigenvalue weighted by atomic mass is 35.5. The normalized spacial score (nSPS) is 13.2. The van der Waals surface area contributed by atoms with E-state index in [1.54, 1.807) is 0 Å². The largest absolute Gasteiger partial charge is 0.340 e. The van der Waals surface area contributed by atoms with Gasteiger partial charge in [-0.25, -0.2) is 0 Å². The molecule has 0 atom stereocenters. The first kappa shape index (κ1) is 14.8. The topological polar surface area (TPSA) is 7.68 Å². The molecule has 2 aromatic rings. The van der Waals surface area contributed by atoms with Gasteiger partial charge in [0.1, 0.15) is 0 Å². The van der Waals surface area contributed by atoms with Crippen LogP contribution in [0.15, 0.2) is 52.3 Å². The molecule has 0 spiro atoms. The van der Waals surface area contributed by atoms with Crippen LogP contribution in [0.5, 0.6) is 0 Å². The molecule has 110 valence electrons. The van der Waals surface area contributed by atoms with E-state index in [1.165, 1.54) is 39.0 Å². The van der Waals surface area contributed by atoms with Gasteiger partial charge < -0.3 is 9.80 Å². The number of rotatable bonds is 4. The fourth-order valence-corrected chi connectivity index (χ4v) is 4.01. The molecule has 0 saturated heterocycles. The van der Waals surface area contributed by atoms with Crippen molar-refractivity contribution in [3.63, 3.8) is 0 Å². The van der Waals surface area contributed by atoms with E-state index in [4.69, 9.17) is 11.6 Å². The number of hydrogen-bond acceptors (Lipinski definition) is 2. The van der Waals surface area contributed by atoms with Gasteiger partial charge in [0, 0.05) is 27.8 Å². The van der Waals surface area contributed by atoms with Crippen LogP contribution in [0.3, 0.4) is 0 Å². The van der Waals surface area contributed by atoms with Gasteiger partial charge in [-0.2, -0.15) is 0 Å². The molecule has 21 heavy (non-hydrogen) atoms. The molecule has 0 bridgehead atoms. The van der Waals surface area contributed by atoms with Crippen LogP contribution in [0.1, 0.15) is 6.42 Å². The number of nitrogens with one attached hydrogen (secondary N) is 1. The second-order valence-corrected chi connectivity index (χ2v) is 7.16. The van der Waals surface area contributed by atoms with E-state index in [1.807, 2.05) is 17.8 Å². The molecule has 0 saturated carbocycles. The summed E-state index contributed by atoms with van der Waals surface area (Å²) in [7, 11) is 4.40. The molecule has 1 aliphatic rings. The maximum Gasteiger partial charge on any atom is 0.0784 e. The zero-order valence-electron chi connectivity index (χ0n) is 12.4. The van der Waals surface area contributed by atoms with E-state index >= 15 is 0 Å². The molecule has 0 aromatic heterocycles. The maximum atomic E-state index is 6.16. The third kappa shape index (κ3) is 3.20. The van der Waals surface area contributed by atoms with Crippen molar-refractivity contribution in [2.45, 2.75) is 16.2 Å². The molecule has 0 fully saturated rings. The maximum absolute atomic E-state index is 6.16. The SMILES string of the molecule is C[NH+](C)CCCN1c2ccccc2Sc2cc(Cl)ccc21. The number of para-hydroxylation sites is 1. The lowest BCUT2D eigenvalue weighted by Gasteiger charge is -2.33. The average molecular weight is 320 g/mol. The summed E-state index contributed by atoms with van der Waals surface area (Å²) in [5, 5.41) is 0.804. The van der Waals surface area contributed by atoms with Gasteiger partial charge in [0.2, 0.25) is 0 Å². The molecule has 4 heteroatoms. The van der Waals surface area contributed by atoms with E-state index < -0.39 is 0 Å². The summed E-state index contributed by atoms with van der Waals surface area (Å²) >= 11 is 7.97. The number of nitrogens with zero attached hydrogens (tertiary/aromatic N) is 1. The predicted molar refractivity (Wildman–Crippen MR) is 91.3 cm³/mol. The van der Waals surface area contributed by atoms with E-state index in [-0.39, 0.29) is 0 Å². The van der Waals surface area contributed by atoms with Crippen LogP contribution in [0.2, 0.25) is 5.02 Å². The molecule has 0 aliphatic carbocycles. The second kappa shape index (κ2) is 6.30. The molecule has 3 rings (SSSR count). The van der Waals surface area contributed by atoms with E-state index in [0.29, 0.717) is 0 Å². The van der Waals surface area contributed by atoms with Crippen LogP contribution >= 0.6 is 23.4 Å². The monoisotopic (exact) mass is 319 g/mol. The minimum absolute atomic E-state index is 0.804. The Morgan fingerprint density at radius 3 is 2.62 bits per heavy atom. The van der Waals surface area contributed by atoms with Crippen molar-refractivity contribution in [2.24, 2.45) is 0 Å². The van der Waals surface area contributed by atoms with Crippen molar-refractivity contribution in [2.75, 3.05) is 32.1 Å². The van der Waals surface area contributed by atoms with Crippen molar-refractivity contribution in [1.29, 1.82) is 0 Å². The zero-order chi connectivity index (χ0) is 14.8. The fourth-order valence-electron chi connectivity index (χ4n) is 2.64. The number of benzene rings is 2. The van der Waals surface area contributed by atoms with Crippen LogP contribution in [0, 0.1) is 0 Å². The average Bonchev–Trinajstić information content (AvgIpc) is 2.46. The summed E-state index contributed by atoms with van der Waals surface area (Å²) in [6.45, 7) is 2.21. The first-order valence-corrected chi connectivity index (χ1v) is 8.47. The lowest BCUT2D eigenvalue weighted by atomic mass is 10.2. The van der Waals surface area contributed by atoms with Crippen molar-refractivity contribution in [3.05, 3.63) is 47.5 Å². The van der Waals surface area contributed by atoms with E-state index in [0.717, 1.165) is 11.6 Å². The highest BCUT2D eigenvalue weighted by Crippen LogP contribution is 2.48. The Kier molecular flexibility index (Phi) is 4.43. The first-order valence-electron chi connectivity index (χ1n) is 7.28. The number of fused-ring (bicyclic) bond motifs is 2. The molecule has 0 unspecified atom stereocenters. The standard InChI is InChI=1S/C17H19ClN2S/c1-19(2)10-5-11-20-14-6-3-4-7-16(14)21-17-12-13(18)8-9-15(17)20/h3-4,6-9,12H,5,10-11H2,1-2H3/p+1. The Morgan fingerprint density at radius 2 is 1.81 bits per heavy atom. The summed E-state index contributed by atoms with van der Waals surface area (Å²) in [5.74, 6) is 0. The summed E-state index contributed by atoms with van der Waals surface area (Å²) in [6, 6.07) is 14.8. The van der Waals surface area contributed by atoms with Crippen LogP contribution in [-0.4, -0.2) is 27.2 Å². The summed E-state index contributed by atoms with van der Waals surface area (Å²) < 4.78 is 0. The van der Waals surface area contributed by atoms with Gasteiger partial charge in [0.15, 0.2) is 0 Å². The highest BCUT2D eigenvalue weighted by molar-refractivity contribution is 7.99. The number of hydrogen-bond donors (Lipinski definition) is 1. The van der Waals surface area contributed by atoms with Crippen LogP contribution in [0.25, 0.3) is 0 Å². The molecular weight excluding hydrogens is 300 g/mol. The molecule has 0 amide bonds. The van der Waals surface area contributed by atoms with Gasteiger partial charge in [0.05, 0.1) is 32.0 Å². The van der Waals surface area contributed by atoms with Crippen molar-refractivity contribution >= 4 is 34.7 Å². The molecular formula is C17H20ClN2S+. The molecule has 2 aromatic carbocycles. The third-order valence-electron chi connectivity index (χ3n) is 3.65. The fraction of sp³-hybridized carbons (Fsp3) is 0.294. The lowest BCUT2D eigenvalue weighted by Crippen LogP contribution is -3.05. The minimum Gasteiger partial charge on any atom is -0.340 e. The molecule has 1 heterocycles. The Hall–Kier alpha value is -1.16. The van der Waals surface area contributed by atoms with Gasteiger partial charge in [-0.15, -0.1) is 0 Å². The van der Waals surface area contributed by atoms with Crippen LogP contribution < -0.4 is 9.80 Å². The lowest BCUT2D eigenvalue weighted by molar-refractivity contribution is -0.858.